The van der Waals surface area contributed by atoms with E-state index < -0.39 is 11.7 Å². The predicted octanol–water partition coefficient (Wildman–Crippen LogP) is 3.51. The number of rotatable bonds is 5. The Hall–Kier alpha value is -2.35. The van der Waals surface area contributed by atoms with E-state index >= 15 is 0 Å². The number of nitrogens with one attached hydrogen (secondary N) is 2. The smallest absolute Gasteiger partial charge is 0.412 e. The van der Waals surface area contributed by atoms with Gasteiger partial charge in [0.05, 0.1) is 30.7 Å². The van der Waals surface area contributed by atoms with Gasteiger partial charge >= 0.3 is 6.09 Å². The van der Waals surface area contributed by atoms with Gasteiger partial charge in [-0.15, -0.1) is 5.10 Å². The molecule has 0 aliphatic heterocycles. The number of carbonyl (C=O) groups excluding carboxylic acids is 1. The first kappa shape index (κ1) is 17.0. The summed E-state index contributed by atoms with van der Waals surface area (Å²) in [7, 11) is 1.59. The zero-order valence-corrected chi connectivity index (χ0v) is 14.4. The van der Waals surface area contributed by atoms with Gasteiger partial charge in [0.1, 0.15) is 11.4 Å². The van der Waals surface area contributed by atoms with Gasteiger partial charge in [-0.3, -0.25) is 5.32 Å². The molecule has 0 saturated heterocycles. The summed E-state index contributed by atoms with van der Waals surface area (Å²) in [5.41, 5.74) is 1.57. The molecule has 124 valence electrons. The summed E-state index contributed by atoms with van der Waals surface area (Å²) in [5.74, 6) is 0.679. The minimum absolute atomic E-state index is 0.493. The Morgan fingerprint density at radius 3 is 2.70 bits per heavy atom. The van der Waals surface area contributed by atoms with Crippen molar-refractivity contribution in [3.8, 4) is 5.75 Å². The molecule has 1 aromatic heterocycles. The lowest BCUT2D eigenvalue weighted by Crippen LogP contribution is -2.27. The van der Waals surface area contributed by atoms with Gasteiger partial charge in [-0.05, 0) is 44.4 Å². The van der Waals surface area contributed by atoms with E-state index in [0.29, 0.717) is 23.7 Å². The first-order chi connectivity index (χ1) is 10.9. The minimum Gasteiger partial charge on any atom is -0.497 e. The number of amides is 1. The number of anilines is 2. The van der Waals surface area contributed by atoms with Crippen LogP contribution in [0.2, 0.25) is 0 Å². The van der Waals surface area contributed by atoms with Gasteiger partial charge in [-0.25, -0.2) is 4.79 Å². The number of hydrogen-bond acceptors (Lipinski definition) is 7. The fraction of sp³-hybridized carbons (Fsp3) is 0.400. The summed E-state index contributed by atoms with van der Waals surface area (Å²) in [4.78, 5) is 12.0. The minimum atomic E-state index is -0.559. The van der Waals surface area contributed by atoms with Crippen LogP contribution in [-0.4, -0.2) is 28.4 Å². The van der Waals surface area contributed by atoms with Crippen molar-refractivity contribution in [1.82, 2.24) is 9.59 Å². The maximum atomic E-state index is 12.0. The van der Waals surface area contributed by atoms with E-state index in [-0.39, 0.29) is 0 Å². The molecule has 0 radical (unpaired) electrons. The molecule has 0 atom stereocenters. The molecule has 1 aromatic carbocycles. The highest BCUT2D eigenvalue weighted by Crippen LogP contribution is 2.28. The largest absolute Gasteiger partial charge is 0.497 e. The van der Waals surface area contributed by atoms with E-state index in [1.165, 1.54) is 11.5 Å². The molecule has 0 unspecified atom stereocenters. The highest BCUT2D eigenvalue weighted by molar-refractivity contribution is 7.03. The third-order valence-electron chi connectivity index (χ3n) is 2.73. The van der Waals surface area contributed by atoms with Gasteiger partial charge in [-0.1, -0.05) is 4.49 Å². The number of nitrogens with zero attached hydrogens (tertiary/aromatic N) is 2. The van der Waals surface area contributed by atoms with Crippen LogP contribution in [0.25, 0.3) is 0 Å². The Labute approximate surface area is 139 Å². The van der Waals surface area contributed by atoms with Crippen molar-refractivity contribution in [2.45, 2.75) is 32.9 Å². The normalized spacial score (nSPS) is 11.0. The van der Waals surface area contributed by atoms with E-state index in [2.05, 4.69) is 20.2 Å². The van der Waals surface area contributed by atoms with Crippen molar-refractivity contribution in [3.05, 3.63) is 29.3 Å². The van der Waals surface area contributed by atoms with E-state index in [0.717, 1.165) is 5.69 Å². The Morgan fingerprint density at radius 1 is 1.30 bits per heavy atom. The van der Waals surface area contributed by atoms with Crippen LogP contribution >= 0.6 is 11.5 Å². The lowest BCUT2D eigenvalue weighted by atomic mass is 10.2. The molecule has 2 aromatic rings. The Kier molecular flexibility index (Phi) is 5.38. The quantitative estimate of drug-likeness (QED) is 0.869. The number of hydrogen-bond donors (Lipinski definition) is 2. The fourth-order valence-electron chi connectivity index (χ4n) is 1.77. The first-order valence-electron chi connectivity index (χ1n) is 7.05. The average Bonchev–Trinajstić information content (AvgIpc) is 2.97. The lowest BCUT2D eigenvalue weighted by molar-refractivity contribution is 0.0636. The highest BCUT2D eigenvalue weighted by Gasteiger charge is 2.17. The second-order valence-electron chi connectivity index (χ2n) is 5.79. The molecule has 7 nitrogen and oxygen atoms in total. The number of carbonyl (C=O) groups is 1. The Morgan fingerprint density at radius 2 is 2.09 bits per heavy atom. The van der Waals surface area contributed by atoms with Gasteiger partial charge in [0.25, 0.3) is 0 Å². The van der Waals surface area contributed by atoms with Crippen LogP contribution in [0.4, 0.5) is 16.2 Å². The van der Waals surface area contributed by atoms with E-state index in [1.807, 2.05) is 26.2 Å². The molecular weight excluding hydrogens is 316 g/mol. The zero-order chi connectivity index (χ0) is 16.9. The van der Waals surface area contributed by atoms with Crippen LogP contribution in [0, 0.1) is 0 Å². The van der Waals surface area contributed by atoms with Crippen molar-refractivity contribution >= 4 is 29.0 Å². The average molecular weight is 336 g/mol. The van der Waals surface area contributed by atoms with E-state index in [4.69, 9.17) is 9.47 Å². The van der Waals surface area contributed by atoms with Crippen LogP contribution in [0.15, 0.2) is 23.6 Å². The molecule has 2 N–H and O–H groups in total. The van der Waals surface area contributed by atoms with Crippen molar-refractivity contribution in [2.24, 2.45) is 0 Å². The fourth-order valence-corrected chi connectivity index (χ4v) is 2.22. The van der Waals surface area contributed by atoms with Crippen LogP contribution < -0.4 is 15.4 Å². The van der Waals surface area contributed by atoms with E-state index in [9.17, 15) is 4.79 Å². The molecule has 0 saturated carbocycles. The summed E-state index contributed by atoms with van der Waals surface area (Å²) >= 11 is 1.29. The Balaban J connectivity index is 2.12. The molecule has 0 bridgehead atoms. The van der Waals surface area contributed by atoms with Crippen molar-refractivity contribution in [1.29, 1.82) is 0 Å². The zero-order valence-electron chi connectivity index (χ0n) is 13.5. The maximum Gasteiger partial charge on any atom is 0.412 e. The van der Waals surface area contributed by atoms with Crippen molar-refractivity contribution in [2.75, 3.05) is 17.7 Å². The van der Waals surface area contributed by atoms with Gasteiger partial charge in [-0.2, -0.15) is 0 Å². The third kappa shape index (κ3) is 5.41. The SMILES string of the molecule is COc1ccc(NC(=O)OC(C)(C)C)c(NCc2csnn2)c1. The number of aromatic nitrogens is 2. The van der Waals surface area contributed by atoms with Crippen LogP contribution in [0.1, 0.15) is 26.5 Å². The molecule has 1 amide bonds. The predicted molar refractivity (Wildman–Crippen MR) is 90.1 cm³/mol. The van der Waals surface area contributed by atoms with Gasteiger partial charge in [0.15, 0.2) is 0 Å². The maximum absolute atomic E-state index is 12.0. The molecule has 2 rings (SSSR count). The van der Waals surface area contributed by atoms with Gasteiger partial charge in [0, 0.05) is 11.4 Å². The molecule has 0 spiro atoms. The van der Waals surface area contributed by atoms with Crippen LogP contribution in [0.3, 0.4) is 0 Å². The Bertz CT molecular complexity index is 653. The molecular formula is C15H20N4O3S. The molecule has 0 fully saturated rings. The molecule has 8 heteroatoms. The molecule has 0 aliphatic carbocycles. The second kappa shape index (κ2) is 7.28. The summed E-state index contributed by atoms with van der Waals surface area (Å²) in [6.07, 6.45) is -0.513. The second-order valence-corrected chi connectivity index (χ2v) is 6.40. The van der Waals surface area contributed by atoms with Gasteiger partial charge < -0.3 is 14.8 Å². The van der Waals surface area contributed by atoms with Gasteiger partial charge in [0.2, 0.25) is 0 Å². The molecule has 23 heavy (non-hydrogen) atoms. The van der Waals surface area contributed by atoms with Crippen molar-refractivity contribution in [3.63, 3.8) is 0 Å². The summed E-state index contributed by atoms with van der Waals surface area (Å²) in [5, 5.41) is 11.8. The molecule has 1 heterocycles. The van der Waals surface area contributed by atoms with Crippen LogP contribution in [0.5, 0.6) is 5.75 Å². The monoisotopic (exact) mass is 336 g/mol. The first-order valence-corrected chi connectivity index (χ1v) is 7.89. The highest BCUT2D eigenvalue weighted by atomic mass is 32.1. The van der Waals surface area contributed by atoms with E-state index in [1.54, 1.807) is 25.3 Å². The standard InChI is InChI=1S/C15H20N4O3S/c1-15(2,3)22-14(20)17-12-6-5-11(21-4)7-13(12)16-8-10-9-23-19-18-10/h5-7,9,16H,8H2,1-4H3,(H,17,20). The van der Waals surface area contributed by atoms with Crippen molar-refractivity contribution < 1.29 is 14.3 Å². The van der Waals surface area contributed by atoms with Crippen LogP contribution in [-0.2, 0) is 11.3 Å². The number of ether oxygens (including phenoxy) is 2. The topological polar surface area (TPSA) is 85.4 Å². The third-order valence-corrected chi connectivity index (χ3v) is 3.28. The number of methoxy groups -OCH3 is 1. The molecule has 0 aliphatic rings. The summed E-state index contributed by atoms with van der Waals surface area (Å²) < 4.78 is 14.3. The summed E-state index contributed by atoms with van der Waals surface area (Å²) in [6.45, 7) is 5.94. The number of benzene rings is 1. The lowest BCUT2D eigenvalue weighted by Gasteiger charge is -2.21. The summed E-state index contributed by atoms with van der Waals surface area (Å²) in [6, 6.07) is 5.32.